The summed E-state index contributed by atoms with van der Waals surface area (Å²) in [7, 11) is -1.60. The van der Waals surface area contributed by atoms with Crippen LogP contribution >= 0.6 is 0 Å². The molecule has 0 aliphatic carbocycles. The first kappa shape index (κ1) is 22.5. The van der Waals surface area contributed by atoms with E-state index < -0.39 is 10.0 Å². The van der Waals surface area contributed by atoms with Crippen LogP contribution in [0.3, 0.4) is 0 Å². The van der Waals surface area contributed by atoms with Gasteiger partial charge in [-0.3, -0.25) is 4.79 Å². The highest BCUT2D eigenvalue weighted by Crippen LogP contribution is 2.21. The van der Waals surface area contributed by atoms with Crippen molar-refractivity contribution in [3.8, 4) is 0 Å². The fraction of sp³-hybridized carbons (Fsp3) is 0.458. The van der Waals surface area contributed by atoms with Crippen LogP contribution in [-0.4, -0.2) is 43.7 Å². The number of amides is 1. The van der Waals surface area contributed by atoms with E-state index in [1.807, 2.05) is 37.4 Å². The van der Waals surface area contributed by atoms with Gasteiger partial charge in [0.05, 0.1) is 4.90 Å². The lowest BCUT2D eigenvalue weighted by Gasteiger charge is -2.20. The second-order valence-electron chi connectivity index (χ2n) is 8.14. The smallest absolute Gasteiger partial charge is 0.243 e. The minimum absolute atomic E-state index is 0.0829. The van der Waals surface area contributed by atoms with Crippen LogP contribution in [0.2, 0.25) is 0 Å². The molecule has 30 heavy (non-hydrogen) atoms. The summed E-state index contributed by atoms with van der Waals surface area (Å²) in [5.41, 5.74) is 3.30. The third kappa shape index (κ3) is 5.70. The van der Waals surface area contributed by atoms with Crippen molar-refractivity contribution in [2.75, 3.05) is 20.1 Å². The van der Waals surface area contributed by atoms with Crippen molar-refractivity contribution in [2.24, 2.45) is 0 Å². The number of hydrogen-bond acceptors (Lipinski definition) is 3. The van der Waals surface area contributed by atoms with Crippen LogP contribution in [0.4, 0.5) is 0 Å². The van der Waals surface area contributed by atoms with E-state index in [-0.39, 0.29) is 5.91 Å². The lowest BCUT2D eigenvalue weighted by Crippen LogP contribution is -2.31. The Labute approximate surface area is 180 Å². The molecular weight excluding hydrogens is 396 g/mol. The zero-order chi connectivity index (χ0) is 21.6. The molecule has 0 aromatic heterocycles. The zero-order valence-electron chi connectivity index (χ0n) is 18.0. The summed E-state index contributed by atoms with van der Waals surface area (Å²) in [4.78, 5) is 14.6. The first-order valence-electron chi connectivity index (χ1n) is 10.8. The number of benzene rings is 2. The molecule has 2 aromatic carbocycles. The van der Waals surface area contributed by atoms with Crippen LogP contribution in [0.1, 0.15) is 48.8 Å². The van der Waals surface area contributed by atoms with E-state index in [2.05, 4.69) is 13.0 Å². The molecule has 1 heterocycles. The highest BCUT2D eigenvalue weighted by molar-refractivity contribution is 7.89. The van der Waals surface area contributed by atoms with Crippen molar-refractivity contribution in [1.29, 1.82) is 0 Å². The maximum Gasteiger partial charge on any atom is 0.243 e. The molecule has 0 bridgehead atoms. The monoisotopic (exact) mass is 428 g/mol. The van der Waals surface area contributed by atoms with Crippen molar-refractivity contribution < 1.29 is 13.2 Å². The van der Waals surface area contributed by atoms with Gasteiger partial charge in [-0.1, -0.05) is 49.2 Å². The number of hydrogen-bond donors (Lipinski definition) is 0. The standard InChI is InChI=1S/C24H32N2O3S/c1-20-9-5-6-10-22(20)19-25(2)24(27)16-13-21-11-14-23(15-12-21)30(28,29)26-17-7-3-4-8-18-26/h5-6,9-12,14-15H,3-4,7-8,13,16-19H2,1-2H3. The third-order valence-corrected chi connectivity index (χ3v) is 7.76. The maximum atomic E-state index is 12.9. The van der Waals surface area contributed by atoms with Gasteiger partial charge in [0, 0.05) is 33.1 Å². The molecule has 0 N–H and O–H groups in total. The largest absolute Gasteiger partial charge is 0.341 e. The fourth-order valence-electron chi connectivity index (χ4n) is 3.83. The molecule has 1 amide bonds. The van der Waals surface area contributed by atoms with Crippen molar-refractivity contribution >= 4 is 15.9 Å². The van der Waals surface area contributed by atoms with Crippen molar-refractivity contribution in [3.05, 3.63) is 65.2 Å². The summed E-state index contributed by atoms with van der Waals surface area (Å²) < 4.78 is 27.4. The van der Waals surface area contributed by atoms with E-state index in [4.69, 9.17) is 0 Å². The molecule has 1 aliphatic rings. The number of carbonyl (C=O) groups excluding carboxylic acids is 1. The van der Waals surface area contributed by atoms with Gasteiger partial charge in [-0.15, -0.1) is 0 Å². The van der Waals surface area contributed by atoms with Gasteiger partial charge < -0.3 is 4.90 Å². The van der Waals surface area contributed by atoms with Crippen molar-refractivity contribution in [1.82, 2.24) is 9.21 Å². The molecule has 2 aromatic rings. The molecule has 3 rings (SSSR count). The van der Waals surface area contributed by atoms with Crippen LogP contribution in [0.15, 0.2) is 53.4 Å². The molecule has 1 saturated heterocycles. The van der Waals surface area contributed by atoms with E-state index in [1.165, 1.54) is 5.56 Å². The number of carbonyl (C=O) groups is 1. The summed E-state index contributed by atoms with van der Waals surface area (Å²) >= 11 is 0. The number of sulfonamides is 1. The summed E-state index contributed by atoms with van der Waals surface area (Å²) in [6.45, 7) is 3.85. The Hall–Kier alpha value is -2.18. The second kappa shape index (κ2) is 10.2. The molecule has 0 spiro atoms. The van der Waals surface area contributed by atoms with Crippen molar-refractivity contribution in [3.63, 3.8) is 0 Å². The Morgan fingerprint density at radius 3 is 2.23 bits per heavy atom. The van der Waals surface area contributed by atoms with Gasteiger partial charge in [-0.2, -0.15) is 4.31 Å². The van der Waals surface area contributed by atoms with Crippen LogP contribution in [-0.2, 0) is 27.8 Å². The first-order chi connectivity index (χ1) is 14.4. The Balaban J connectivity index is 1.56. The summed E-state index contributed by atoms with van der Waals surface area (Å²) in [6, 6.07) is 15.1. The van der Waals surface area contributed by atoms with Crippen LogP contribution in [0.5, 0.6) is 0 Å². The molecule has 162 valence electrons. The fourth-order valence-corrected chi connectivity index (χ4v) is 5.35. The number of rotatable bonds is 7. The molecular formula is C24H32N2O3S. The molecule has 0 saturated carbocycles. The first-order valence-corrected chi connectivity index (χ1v) is 12.2. The average Bonchev–Trinajstić information content (AvgIpc) is 3.04. The van der Waals surface area contributed by atoms with Crippen LogP contribution in [0.25, 0.3) is 0 Å². The van der Waals surface area contributed by atoms with E-state index in [9.17, 15) is 13.2 Å². The van der Waals surface area contributed by atoms with E-state index in [0.717, 1.165) is 36.8 Å². The van der Waals surface area contributed by atoms with Gasteiger partial charge in [0.15, 0.2) is 0 Å². The van der Waals surface area contributed by atoms with Gasteiger partial charge in [0.2, 0.25) is 15.9 Å². The lowest BCUT2D eigenvalue weighted by molar-refractivity contribution is -0.130. The topological polar surface area (TPSA) is 57.7 Å². The van der Waals surface area contributed by atoms with E-state index >= 15 is 0 Å². The predicted molar refractivity (Wildman–Crippen MR) is 120 cm³/mol. The predicted octanol–water partition coefficient (Wildman–Crippen LogP) is 4.15. The van der Waals surface area contributed by atoms with Gasteiger partial charge >= 0.3 is 0 Å². The summed E-state index contributed by atoms with van der Waals surface area (Å²) in [5, 5.41) is 0. The van der Waals surface area contributed by atoms with Gasteiger partial charge in [-0.05, 0) is 55.0 Å². The SMILES string of the molecule is Cc1ccccc1CN(C)C(=O)CCc1ccc(S(=O)(=O)N2CCCCCC2)cc1. The van der Waals surface area contributed by atoms with Gasteiger partial charge in [0.1, 0.15) is 0 Å². The molecule has 0 radical (unpaired) electrons. The number of aryl methyl sites for hydroxylation is 2. The molecule has 5 nitrogen and oxygen atoms in total. The van der Waals surface area contributed by atoms with E-state index in [1.54, 1.807) is 21.3 Å². The summed E-state index contributed by atoms with van der Waals surface area (Å²) in [6.07, 6.45) is 5.04. The number of nitrogens with zero attached hydrogens (tertiary/aromatic N) is 2. The quantitative estimate of drug-likeness (QED) is 0.666. The Kier molecular flexibility index (Phi) is 7.67. The van der Waals surface area contributed by atoms with Gasteiger partial charge in [-0.25, -0.2) is 8.42 Å². The normalized spacial score (nSPS) is 15.5. The Morgan fingerprint density at radius 1 is 0.967 bits per heavy atom. The minimum Gasteiger partial charge on any atom is -0.341 e. The minimum atomic E-state index is -3.43. The average molecular weight is 429 g/mol. The molecule has 6 heteroatoms. The second-order valence-corrected chi connectivity index (χ2v) is 10.1. The molecule has 0 unspecified atom stereocenters. The molecule has 0 atom stereocenters. The summed E-state index contributed by atoms with van der Waals surface area (Å²) in [5.74, 6) is 0.0829. The van der Waals surface area contributed by atoms with Crippen LogP contribution < -0.4 is 0 Å². The van der Waals surface area contributed by atoms with Gasteiger partial charge in [0.25, 0.3) is 0 Å². The van der Waals surface area contributed by atoms with E-state index in [0.29, 0.717) is 37.4 Å². The highest BCUT2D eigenvalue weighted by atomic mass is 32.2. The molecule has 1 aliphatic heterocycles. The molecule has 1 fully saturated rings. The van der Waals surface area contributed by atoms with Crippen LogP contribution in [0, 0.1) is 6.92 Å². The Morgan fingerprint density at radius 2 is 1.60 bits per heavy atom. The third-order valence-electron chi connectivity index (χ3n) is 5.85. The maximum absolute atomic E-state index is 12.9. The zero-order valence-corrected chi connectivity index (χ0v) is 18.8. The Bertz CT molecular complexity index is 947. The highest BCUT2D eigenvalue weighted by Gasteiger charge is 2.24. The van der Waals surface area contributed by atoms with Crippen molar-refractivity contribution in [2.45, 2.75) is 56.9 Å². The lowest BCUT2D eigenvalue weighted by atomic mass is 10.1.